The Kier molecular flexibility index (Phi) is 10.1. The molecule has 1 saturated carbocycles. The Hall–Kier alpha value is -3.43. The van der Waals surface area contributed by atoms with E-state index in [0.29, 0.717) is 17.9 Å². The Balaban J connectivity index is 1.88. The molecule has 0 bridgehead atoms. The van der Waals surface area contributed by atoms with Crippen molar-refractivity contribution < 1.29 is 33.7 Å². The van der Waals surface area contributed by atoms with E-state index in [0.717, 1.165) is 16.7 Å². The van der Waals surface area contributed by atoms with Gasteiger partial charge in [-0.1, -0.05) is 36.4 Å². The molecule has 2 N–H and O–H groups in total. The second-order valence-electron chi connectivity index (χ2n) is 10.0. The number of carboxylic acids is 1. The van der Waals surface area contributed by atoms with Gasteiger partial charge in [-0.05, 0) is 57.4 Å². The monoisotopic (exact) mass is 540 g/mol. The van der Waals surface area contributed by atoms with E-state index in [-0.39, 0.29) is 44.0 Å². The van der Waals surface area contributed by atoms with E-state index in [1.165, 1.54) is 14.0 Å². The number of ether oxygens (including phenoxy) is 3. The topological polar surface area (TPSA) is 114 Å². The molecule has 212 valence electrons. The largest absolute Gasteiger partial charge is 0.493 e. The first kappa shape index (κ1) is 30.1. The Morgan fingerprint density at radius 2 is 1.79 bits per heavy atom. The summed E-state index contributed by atoms with van der Waals surface area (Å²) >= 11 is 0. The summed E-state index contributed by atoms with van der Waals surface area (Å²) in [4.78, 5) is 39.6. The fourth-order valence-corrected chi connectivity index (χ4v) is 5.04. The normalized spacial score (nSPS) is 19.9. The Bertz CT molecular complexity index is 1160. The second-order valence-corrected chi connectivity index (χ2v) is 10.0. The zero-order chi connectivity index (χ0) is 28.7. The van der Waals surface area contributed by atoms with Crippen LogP contribution in [0, 0.1) is 6.92 Å². The van der Waals surface area contributed by atoms with Gasteiger partial charge in [0.2, 0.25) is 0 Å². The van der Waals surface area contributed by atoms with Gasteiger partial charge >= 0.3 is 12.0 Å². The molecule has 1 aliphatic carbocycles. The molecule has 2 atom stereocenters. The summed E-state index contributed by atoms with van der Waals surface area (Å²) in [5.74, 6) is -0.710. The first-order valence-corrected chi connectivity index (χ1v) is 13.3. The van der Waals surface area contributed by atoms with E-state index >= 15 is 0 Å². The number of methoxy groups -OCH3 is 1. The standard InChI is InChI=1S/C30H40N2O7/c1-7-38-27-19(2)25(13-14-26(27)21(4)33)20(3)32(15-16-39-22(5)23-11-9-8-10-12-23)29(36)31-30(28(34)35)17-24(18-30)37-6/h8-14,20,22,24H,7,15-18H2,1-6H3,(H,31,36)(H,34,35)/t20-,22+,24?,30?/m1/s1. The predicted molar refractivity (Wildman–Crippen MR) is 147 cm³/mol. The Labute approximate surface area is 230 Å². The zero-order valence-corrected chi connectivity index (χ0v) is 23.7. The number of carbonyl (C=O) groups excluding carboxylic acids is 2. The van der Waals surface area contributed by atoms with E-state index < -0.39 is 23.6 Å². The highest BCUT2D eigenvalue weighted by atomic mass is 16.5. The third-order valence-electron chi connectivity index (χ3n) is 7.50. The van der Waals surface area contributed by atoms with Gasteiger partial charge in [-0.15, -0.1) is 0 Å². The van der Waals surface area contributed by atoms with Crippen molar-refractivity contribution in [1.29, 1.82) is 0 Å². The zero-order valence-electron chi connectivity index (χ0n) is 23.7. The van der Waals surface area contributed by atoms with Crippen LogP contribution < -0.4 is 10.1 Å². The lowest BCUT2D eigenvalue weighted by molar-refractivity contribution is -0.155. The van der Waals surface area contributed by atoms with Gasteiger partial charge in [0.25, 0.3) is 0 Å². The Morgan fingerprint density at radius 3 is 2.36 bits per heavy atom. The van der Waals surface area contributed by atoms with Gasteiger partial charge in [0.1, 0.15) is 11.3 Å². The van der Waals surface area contributed by atoms with Crippen LogP contribution in [0.3, 0.4) is 0 Å². The Morgan fingerprint density at radius 1 is 1.13 bits per heavy atom. The number of amides is 2. The number of nitrogens with zero attached hydrogens (tertiary/aromatic N) is 1. The van der Waals surface area contributed by atoms with E-state index in [1.807, 2.05) is 64.1 Å². The van der Waals surface area contributed by atoms with Crippen molar-refractivity contribution in [2.75, 3.05) is 26.9 Å². The maximum atomic E-state index is 13.7. The van der Waals surface area contributed by atoms with Crippen molar-refractivity contribution in [3.63, 3.8) is 0 Å². The molecule has 9 heteroatoms. The summed E-state index contributed by atoms with van der Waals surface area (Å²) in [6.07, 6.45) is -0.0332. The quantitative estimate of drug-likeness (QED) is 0.341. The van der Waals surface area contributed by atoms with Crippen LogP contribution in [0.15, 0.2) is 42.5 Å². The van der Waals surface area contributed by atoms with Crippen molar-refractivity contribution in [2.45, 2.75) is 71.2 Å². The summed E-state index contributed by atoms with van der Waals surface area (Å²) in [6.45, 7) is 9.85. The minimum Gasteiger partial charge on any atom is -0.493 e. The maximum Gasteiger partial charge on any atom is 0.329 e. The van der Waals surface area contributed by atoms with Crippen LogP contribution in [0.25, 0.3) is 0 Å². The molecule has 0 saturated heterocycles. The lowest BCUT2D eigenvalue weighted by Gasteiger charge is -2.45. The number of rotatable bonds is 13. The molecule has 39 heavy (non-hydrogen) atoms. The molecule has 1 fully saturated rings. The van der Waals surface area contributed by atoms with Gasteiger partial charge in [0, 0.05) is 26.5 Å². The van der Waals surface area contributed by atoms with Gasteiger partial charge in [0.15, 0.2) is 5.78 Å². The van der Waals surface area contributed by atoms with Gasteiger partial charge in [-0.25, -0.2) is 9.59 Å². The molecule has 0 aromatic heterocycles. The molecule has 2 aromatic carbocycles. The number of urea groups is 1. The molecule has 2 amide bonds. The van der Waals surface area contributed by atoms with E-state index in [4.69, 9.17) is 14.2 Å². The average Bonchev–Trinajstić information content (AvgIpc) is 2.89. The molecule has 0 unspecified atom stereocenters. The molecule has 0 spiro atoms. The molecule has 9 nitrogen and oxygen atoms in total. The van der Waals surface area contributed by atoms with Gasteiger partial charge in [0.05, 0.1) is 37.0 Å². The van der Waals surface area contributed by atoms with Gasteiger partial charge < -0.3 is 29.5 Å². The number of ketones is 1. The van der Waals surface area contributed by atoms with Crippen LogP contribution in [0.4, 0.5) is 4.79 Å². The van der Waals surface area contributed by atoms with E-state index in [1.54, 1.807) is 11.0 Å². The highest BCUT2D eigenvalue weighted by Gasteiger charge is 2.52. The van der Waals surface area contributed by atoms with Crippen LogP contribution in [-0.4, -0.2) is 66.3 Å². The number of aliphatic carboxylic acids is 1. The summed E-state index contributed by atoms with van der Waals surface area (Å²) in [5.41, 5.74) is 1.65. The van der Waals surface area contributed by atoms with Crippen LogP contribution in [0.2, 0.25) is 0 Å². The van der Waals surface area contributed by atoms with Crippen LogP contribution in [-0.2, 0) is 14.3 Å². The summed E-state index contributed by atoms with van der Waals surface area (Å²) in [7, 11) is 1.53. The summed E-state index contributed by atoms with van der Waals surface area (Å²) in [6, 6.07) is 12.3. The third-order valence-corrected chi connectivity index (χ3v) is 7.50. The van der Waals surface area contributed by atoms with E-state index in [2.05, 4.69) is 5.32 Å². The number of benzene rings is 2. The summed E-state index contributed by atoms with van der Waals surface area (Å²) < 4.78 is 17.2. The lowest BCUT2D eigenvalue weighted by atomic mass is 9.74. The molecule has 1 aliphatic rings. The van der Waals surface area contributed by atoms with Crippen LogP contribution >= 0.6 is 0 Å². The summed E-state index contributed by atoms with van der Waals surface area (Å²) in [5, 5.41) is 12.7. The van der Waals surface area contributed by atoms with Crippen LogP contribution in [0.1, 0.15) is 79.7 Å². The minimum atomic E-state index is -1.39. The molecule has 3 rings (SSSR count). The molecule has 0 aliphatic heterocycles. The number of Topliss-reactive ketones (excluding diaryl/α,β-unsaturated/α-hetero) is 1. The predicted octanol–water partition coefficient (Wildman–Crippen LogP) is 5.08. The molecular weight excluding hydrogens is 500 g/mol. The highest BCUT2D eigenvalue weighted by molar-refractivity contribution is 5.97. The maximum absolute atomic E-state index is 13.7. The highest BCUT2D eigenvalue weighted by Crippen LogP contribution is 2.37. The van der Waals surface area contributed by atoms with Crippen molar-refractivity contribution in [3.8, 4) is 5.75 Å². The van der Waals surface area contributed by atoms with Crippen molar-refractivity contribution in [1.82, 2.24) is 10.2 Å². The number of hydrogen-bond acceptors (Lipinski definition) is 6. The SMILES string of the molecule is CCOc1c(C(C)=O)ccc([C@@H](C)N(CCO[C@@H](C)c2ccccc2)C(=O)NC2(C(=O)O)CC(OC)C2)c1C. The smallest absolute Gasteiger partial charge is 0.329 e. The first-order chi connectivity index (χ1) is 18.5. The fraction of sp³-hybridized carbons (Fsp3) is 0.500. The number of carboxylic acid groups (broad SMARTS) is 1. The van der Waals surface area contributed by atoms with Crippen molar-refractivity contribution >= 4 is 17.8 Å². The van der Waals surface area contributed by atoms with Crippen LogP contribution in [0.5, 0.6) is 5.75 Å². The lowest BCUT2D eigenvalue weighted by Crippen LogP contribution is -2.66. The number of nitrogens with one attached hydrogen (secondary N) is 1. The third kappa shape index (κ3) is 6.78. The number of hydrogen-bond donors (Lipinski definition) is 2. The average molecular weight is 541 g/mol. The van der Waals surface area contributed by atoms with Gasteiger partial charge in [-0.2, -0.15) is 0 Å². The first-order valence-electron chi connectivity index (χ1n) is 13.3. The number of carbonyl (C=O) groups is 3. The van der Waals surface area contributed by atoms with E-state index in [9.17, 15) is 19.5 Å². The minimum absolute atomic E-state index is 0.111. The molecule has 2 aromatic rings. The molecule has 0 radical (unpaired) electrons. The molecule has 0 heterocycles. The molecular formula is C30H40N2O7. The second kappa shape index (κ2) is 13.1. The fourth-order valence-electron chi connectivity index (χ4n) is 5.04. The van der Waals surface area contributed by atoms with Crippen molar-refractivity contribution in [3.05, 3.63) is 64.7 Å². The van der Waals surface area contributed by atoms with Gasteiger partial charge in [-0.3, -0.25) is 4.79 Å². The van der Waals surface area contributed by atoms with Crippen molar-refractivity contribution in [2.24, 2.45) is 0 Å².